The highest BCUT2D eigenvalue weighted by Gasteiger charge is 2.20. The molecule has 0 radical (unpaired) electrons. The Morgan fingerprint density at radius 3 is 2.85 bits per heavy atom. The van der Waals surface area contributed by atoms with E-state index < -0.39 is 0 Å². The van der Waals surface area contributed by atoms with Crippen LogP contribution in [0, 0.1) is 3.57 Å². The second-order valence-electron chi connectivity index (χ2n) is 5.92. The van der Waals surface area contributed by atoms with Crippen LogP contribution in [-0.2, 0) is 6.54 Å². The number of hydrogen-bond acceptors (Lipinski definition) is 7. The van der Waals surface area contributed by atoms with Crippen molar-refractivity contribution in [1.29, 1.82) is 0 Å². The van der Waals surface area contributed by atoms with Crippen LogP contribution in [0.1, 0.15) is 26.2 Å². The van der Waals surface area contributed by atoms with Gasteiger partial charge in [0.15, 0.2) is 33.6 Å². The number of nitrogens with two attached hydrogens (primary N) is 1. The average molecular weight is 483 g/mol. The van der Waals surface area contributed by atoms with Crippen molar-refractivity contribution in [2.75, 3.05) is 12.5 Å². The van der Waals surface area contributed by atoms with Gasteiger partial charge in [-0.3, -0.25) is 0 Å². The molecule has 0 atom stereocenters. The van der Waals surface area contributed by atoms with E-state index in [0.717, 1.165) is 56.6 Å². The van der Waals surface area contributed by atoms with Crippen molar-refractivity contribution in [1.82, 2.24) is 19.5 Å². The maximum absolute atomic E-state index is 6.02. The highest BCUT2D eigenvalue weighted by molar-refractivity contribution is 14.1. The van der Waals surface area contributed by atoms with E-state index in [1.807, 2.05) is 12.1 Å². The van der Waals surface area contributed by atoms with Gasteiger partial charge < -0.3 is 19.8 Å². The molecule has 9 heteroatoms. The van der Waals surface area contributed by atoms with Crippen molar-refractivity contribution in [3.05, 3.63) is 22.0 Å². The van der Waals surface area contributed by atoms with Gasteiger partial charge in [-0.25, -0.2) is 15.0 Å². The van der Waals surface area contributed by atoms with E-state index in [1.54, 1.807) is 11.8 Å². The van der Waals surface area contributed by atoms with Crippen molar-refractivity contribution in [2.45, 2.75) is 42.8 Å². The summed E-state index contributed by atoms with van der Waals surface area (Å²) in [6, 6.07) is 3.99. The topological polar surface area (TPSA) is 88.1 Å². The van der Waals surface area contributed by atoms with Gasteiger partial charge in [-0.2, -0.15) is 0 Å². The number of aryl methyl sites for hydroxylation is 1. The summed E-state index contributed by atoms with van der Waals surface area (Å²) in [4.78, 5) is 14.3. The third-order valence-corrected chi connectivity index (χ3v) is 6.45. The molecule has 2 aromatic heterocycles. The largest absolute Gasteiger partial charge is 0.454 e. The molecule has 26 heavy (non-hydrogen) atoms. The van der Waals surface area contributed by atoms with E-state index in [0.29, 0.717) is 11.3 Å². The molecule has 1 aliphatic heterocycles. The number of ether oxygens (including phenoxy) is 2. The highest BCUT2D eigenvalue weighted by Crippen LogP contribution is 2.41. The van der Waals surface area contributed by atoms with E-state index in [1.165, 1.54) is 6.33 Å². The van der Waals surface area contributed by atoms with Crippen LogP contribution < -0.4 is 15.2 Å². The number of nitrogens with zero attached hydrogens (tertiary/aromatic N) is 4. The predicted molar refractivity (Wildman–Crippen MR) is 109 cm³/mol. The number of aromatic nitrogens is 4. The van der Waals surface area contributed by atoms with Crippen LogP contribution in [0.3, 0.4) is 0 Å². The number of halogens is 1. The highest BCUT2D eigenvalue weighted by atomic mass is 127. The van der Waals surface area contributed by atoms with Crippen molar-refractivity contribution in [2.24, 2.45) is 0 Å². The zero-order chi connectivity index (χ0) is 18.1. The second kappa shape index (κ2) is 7.47. The third kappa shape index (κ3) is 3.29. The first-order valence-electron chi connectivity index (χ1n) is 8.41. The molecule has 0 saturated heterocycles. The number of unbranched alkanes of at least 4 members (excludes halogenated alkanes) is 2. The first kappa shape index (κ1) is 17.7. The Bertz CT molecular complexity index is 962. The fourth-order valence-corrected chi connectivity index (χ4v) is 4.52. The van der Waals surface area contributed by atoms with Gasteiger partial charge in [-0.05, 0) is 41.1 Å². The summed E-state index contributed by atoms with van der Waals surface area (Å²) in [5, 5.41) is 0.861. The summed E-state index contributed by atoms with van der Waals surface area (Å²) < 4.78 is 14.2. The molecule has 0 aliphatic carbocycles. The maximum Gasteiger partial charge on any atom is 0.231 e. The number of anilines is 1. The molecule has 0 fully saturated rings. The number of fused-ring (bicyclic) bond motifs is 2. The van der Waals surface area contributed by atoms with Gasteiger partial charge in [0.2, 0.25) is 6.79 Å². The first-order valence-corrected chi connectivity index (χ1v) is 10.3. The van der Waals surface area contributed by atoms with Gasteiger partial charge in [-0.15, -0.1) is 0 Å². The fourth-order valence-electron chi connectivity index (χ4n) is 2.81. The summed E-state index contributed by atoms with van der Waals surface area (Å²) in [6.45, 7) is 3.31. The van der Waals surface area contributed by atoms with Crippen molar-refractivity contribution >= 4 is 51.3 Å². The van der Waals surface area contributed by atoms with Crippen LogP contribution in [0.25, 0.3) is 11.2 Å². The van der Waals surface area contributed by atoms with Crippen LogP contribution in [-0.4, -0.2) is 26.3 Å². The number of imidazole rings is 1. The number of hydrogen-bond donors (Lipinski definition) is 1. The van der Waals surface area contributed by atoms with Gasteiger partial charge in [0.05, 0.1) is 0 Å². The standard InChI is InChI=1S/C17H18IN5O2S/c1-2-3-4-5-23-16-14(15(19)20-8-21-16)22-17(23)26-13-7-12-11(6-10(13)18)24-9-25-12/h6-8H,2-5,9H2,1H3,(H2,19,20,21). The summed E-state index contributed by atoms with van der Waals surface area (Å²) in [5.74, 6) is 1.96. The minimum atomic E-state index is 0.265. The zero-order valence-corrected chi connectivity index (χ0v) is 17.2. The summed E-state index contributed by atoms with van der Waals surface area (Å²) in [6.07, 6.45) is 4.88. The molecule has 0 spiro atoms. The van der Waals surface area contributed by atoms with E-state index >= 15 is 0 Å². The van der Waals surface area contributed by atoms with Gasteiger partial charge >= 0.3 is 0 Å². The summed E-state index contributed by atoms with van der Waals surface area (Å²) in [5.41, 5.74) is 7.46. The quantitative estimate of drug-likeness (QED) is 0.418. The monoisotopic (exact) mass is 483 g/mol. The predicted octanol–water partition coefficient (Wildman–Crippen LogP) is 4.08. The van der Waals surface area contributed by atoms with Crippen LogP contribution in [0.4, 0.5) is 5.82 Å². The lowest BCUT2D eigenvalue weighted by Crippen LogP contribution is -2.02. The number of rotatable bonds is 6. The first-order chi connectivity index (χ1) is 12.7. The summed E-state index contributed by atoms with van der Waals surface area (Å²) in [7, 11) is 0. The molecule has 0 saturated carbocycles. The Morgan fingerprint density at radius 1 is 1.23 bits per heavy atom. The average Bonchev–Trinajstić information content (AvgIpc) is 3.21. The minimum Gasteiger partial charge on any atom is -0.454 e. The van der Waals surface area contributed by atoms with Crippen LogP contribution >= 0.6 is 34.4 Å². The molecule has 0 unspecified atom stereocenters. The van der Waals surface area contributed by atoms with E-state index in [4.69, 9.17) is 20.2 Å². The molecule has 7 nitrogen and oxygen atoms in total. The molecule has 1 aliphatic rings. The van der Waals surface area contributed by atoms with Gasteiger partial charge in [-0.1, -0.05) is 31.5 Å². The molecule has 0 amide bonds. The number of benzene rings is 1. The van der Waals surface area contributed by atoms with Crippen LogP contribution in [0.5, 0.6) is 11.5 Å². The molecule has 4 rings (SSSR count). The van der Waals surface area contributed by atoms with E-state index in [2.05, 4.69) is 44.0 Å². The zero-order valence-electron chi connectivity index (χ0n) is 14.2. The minimum absolute atomic E-state index is 0.265. The Kier molecular flexibility index (Phi) is 5.07. The van der Waals surface area contributed by atoms with E-state index in [-0.39, 0.29) is 6.79 Å². The van der Waals surface area contributed by atoms with Crippen molar-refractivity contribution in [3.8, 4) is 11.5 Å². The SMILES string of the molecule is CCCCCn1c(Sc2cc3c(cc2I)OCO3)nc2c(N)ncnc21. The molecule has 3 aromatic rings. The van der Waals surface area contributed by atoms with Gasteiger partial charge in [0.1, 0.15) is 6.33 Å². The smallest absolute Gasteiger partial charge is 0.231 e. The molecular weight excluding hydrogens is 465 g/mol. The lowest BCUT2D eigenvalue weighted by Gasteiger charge is -2.09. The Balaban J connectivity index is 1.73. The molecule has 1 aromatic carbocycles. The van der Waals surface area contributed by atoms with Crippen molar-refractivity contribution < 1.29 is 9.47 Å². The molecular formula is C17H18IN5O2S. The Hall–Kier alpha value is -1.75. The van der Waals surface area contributed by atoms with E-state index in [9.17, 15) is 0 Å². The Morgan fingerprint density at radius 2 is 2.04 bits per heavy atom. The van der Waals surface area contributed by atoms with Crippen LogP contribution in [0.15, 0.2) is 28.5 Å². The van der Waals surface area contributed by atoms with Gasteiger partial charge in [0, 0.05) is 15.0 Å². The molecule has 0 bridgehead atoms. The van der Waals surface area contributed by atoms with Crippen molar-refractivity contribution in [3.63, 3.8) is 0 Å². The number of nitrogen functional groups attached to an aromatic ring is 1. The fraction of sp³-hybridized carbons (Fsp3) is 0.353. The van der Waals surface area contributed by atoms with Gasteiger partial charge in [0.25, 0.3) is 0 Å². The lowest BCUT2D eigenvalue weighted by atomic mass is 10.2. The molecule has 136 valence electrons. The summed E-state index contributed by atoms with van der Waals surface area (Å²) >= 11 is 3.89. The molecule has 2 N–H and O–H groups in total. The second-order valence-corrected chi connectivity index (χ2v) is 8.09. The third-order valence-electron chi connectivity index (χ3n) is 4.14. The normalized spacial score (nSPS) is 12.8. The lowest BCUT2D eigenvalue weighted by molar-refractivity contribution is 0.174. The Labute approximate surface area is 168 Å². The maximum atomic E-state index is 6.02. The van der Waals surface area contributed by atoms with Crippen LogP contribution in [0.2, 0.25) is 0 Å². The molecule has 3 heterocycles.